The van der Waals surface area contributed by atoms with Crippen LogP contribution < -0.4 is 9.47 Å². The third kappa shape index (κ3) is 4.57. The molecule has 4 aliphatic rings. The van der Waals surface area contributed by atoms with Gasteiger partial charge in [0, 0.05) is 23.1 Å². The standard InChI is InChI=1S/C31H34O5.ClH/c1-3-35-18-36-29-25(22-4-6-23(7-5-22)30(32)33)9-8-24-13-28(34-2)27(14-26(24)29)31-15-19-10-20(16-31)12-21(11-19)17-31;/h4-9,13-14,19-21H,3,10-12,15-18H2,1-2H3,(H,32,33);1H. The van der Waals surface area contributed by atoms with Crippen LogP contribution >= 0.6 is 12.4 Å². The smallest absolute Gasteiger partial charge is 0.335 e. The summed E-state index contributed by atoms with van der Waals surface area (Å²) in [5.41, 5.74) is 3.63. The van der Waals surface area contributed by atoms with E-state index in [1.54, 1.807) is 19.2 Å². The van der Waals surface area contributed by atoms with Crippen LogP contribution in [0, 0.1) is 17.8 Å². The molecule has 3 aromatic carbocycles. The van der Waals surface area contributed by atoms with E-state index in [0.717, 1.165) is 51.2 Å². The molecule has 4 saturated carbocycles. The van der Waals surface area contributed by atoms with Crippen LogP contribution in [0.3, 0.4) is 0 Å². The Kier molecular flexibility index (Phi) is 7.12. The first-order valence-corrected chi connectivity index (χ1v) is 13.2. The first-order valence-electron chi connectivity index (χ1n) is 13.2. The average molecular weight is 523 g/mol. The second-order valence-electron chi connectivity index (χ2n) is 11.1. The highest BCUT2D eigenvalue weighted by molar-refractivity contribution is 5.97. The molecule has 4 aliphatic carbocycles. The molecule has 196 valence electrons. The number of carbonyl (C=O) groups is 1. The van der Waals surface area contributed by atoms with Gasteiger partial charge in [0.2, 0.25) is 0 Å². The zero-order valence-corrected chi connectivity index (χ0v) is 22.3. The van der Waals surface area contributed by atoms with Crippen molar-refractivity contribution in [2.45, 2.75) is 50.9 Å². The highest BCUT2D eigenvalue weighted by Gasteiger charge is 2.52. The van der Waals surface area contributed by atoms with Crippen molar-refractivity contribution in [3.8, 4) is 22.6 Å². The Bertz CT molecular complexity index is 1260. The van der Waals surface area contributed by atoms with Gasteiger partial charge in [-0.1, -0.05) is 24.3 Å². The first-order chi connectivity index (χ1) is 17.5. The summed E-state index contributed by atoms with van der Waals surface area (Å²) in [6.45, 7) is 2.68. The maximum Gasteiger partial charge on any atom is 0.335 e. The van der Waals surface area contributed by atoms with Crippen molar-refractivity contribution in [1.82, 2.24) is 0 Å². The van der Waals surface area contributed by atoms with Crippen LogP contribution in [0.15, 0.2) is 48.5 Å². The summed E-state index contributed by atoms with van der Waals surface area (Å²) < 4.78 is 17.9. The van der Waals surface area contributed by atoms with Crippen molar-refractivity contribution >= 4 is 29.1 Å². The van der Waals surface area contributed by atoms with Crippen molar-refractivity contribution in [2.24, 2.45) is 17.8 Å². The first kappa shape index (κ1) is 25.9. The van der Waals surface area contributed by atoms with E-state index in [4.69, 9.17) is 14.2 Å². The van der Waals surface area contributed by atoms with Gasteiger partial charge in [0.05, 0.1) is 12.7 Å². The molecule has 0 atom stereocenters. The number of carboxylic acids is 1. The summed E-state index contributed by atoms with van der Waals surface area (Å²) in [5.74, 6) is 3.34. The molecule has 0 aromatic heterocycles. The number of aromatic carboxylic acids is 1. The minimum Gasteiger partial charge on any atom is -0.496 e. The fraction of sp³-hybridized carbons (Fsp3) is 0.452. The molecule has 0 spiro atoms. The van der Waals surface area contributed by atoms with Gasteiger partial charge in [-0.05, 0) is 104 Å². The average Bonchev–Trinajstić information content (AvgIpc) is 2.87. The van der Waals surface area contributed by atoms with E-state index in [2.05, 4.69) is 18.2 Å². The molecule has 5 nitrogen and oxygen atoms in total. The maximum absolute atomic E-state index is 11.4. The van der Waals surface area contributed by atoms with E-state index in [1.807, 2.05) is 25.1 Å². The fourth-order valence-corrected chi connectivity index (χ4v) is 7.71. The molecule has 7 rings (SSSR count). The molecule has 6 heteroatoms. The van der Waals surface area contributed by atoms with Crippen molar-refractivity contribution in [3.05, 3.63) is 59.7 Å². The van der Waals surface area contributed by atoms with Gasteiger partial charge in [0.25, 0.3) is 0 Å². The van der Waals surface area contributed by atoms with Crippen LogP contribution in [-0.4, -0.2) is 31.6 Å². The Morgan fingerprint density at radius 1 is 0.973 bits per heavy atom. The van der Waals surface area contributed by atoms with Gasteiger partial charge in [-0.2, -0.15) is 0 Å². The summed E-state index contributed by atoms with van der Waals surface area (Å²) in [5, 5.41) is 11.5. The minimum absolute atomic E-state index is 0. The molecule has 4 fully saturated rings. The van der Waals surface area contributed by atoms with Crippen LogP contribution in [0.1, 0.15) is 61.4 Å². The summed E-state index contributed by atoms with van der Waals surface area (Å²) in [6, 6.07) is 15.6. The molecule has 0 aliphatic heterocycles. The molecule has 0 saturated heterocycles. The van der Waals surface area contributed by atoms with Gasteiger partial charge >= 0.3 is 5.97 Å². The van der Waals surface area contributed by atoms with Crippen LogP contribution in [-0.2, 0) is 10.2 Å². The maximum atomic E-state index is 11.4. The van der Waals surface area contributed by atoms with Crippen molar-refractivity contribution in [3.63, 3.8) is 0 Å². The SMILES string of the molecule is CCOCOc1c(-c2ccc(C(=O)O)cc2)ccc2cc(OC)c(C34CC5CC(CC(C5)C3)C4)cc12.Cl. The molecule has 1 N–H and O–H groups in total. The monoisotopic (exact) mass is 522 g/mol. The quantitative estimate of drug-likeness (QED) is 0.245. The summed E-state index contributed by atoms with van der Waals surface area (Å²) in [6.07, 6.45) is 7.96. The van der Waals surface area contributed by atoms with E-state index in [1.165, 1.54) is 44.1 Å². The molecule has 0 unspecified atom stereocenters. The molecule has 0 radical (unpaired) electrons. The molecule has 0 heterocycles. The molecule has 37 heavy (non-hydrogen) atoms. The topological polar surface area (TPSA) is 65.0 Å². The van der Waals surface area contributed by atoms with Crippen LogP contribution in [0.2, 0.25) is 0 Å². The lowest BCUT2D eigenvalue weighted by atomic mass is 9.48. The Morgan fingerprint density at radius 2 is 1.62 bits per heavy atom. The number of rotatable bonds is 8. The normalized spacial score (nSPS) is 25.6. The van der Waals surface area contributed by atoms with Crippen molar-refractivity contribution < 1.29 is 24.1 Å². The van der Waals surface area contributed by atoms with Crippen molar-refractivity contribution in [2.75, 3.05) is 20.5 Å². The molecule has 3 aromatic rings. The Morgan fingerprint density at radius 3 is 2.19 bits per heavy atom. The van der Waals surface area contributed by atoms with Gasteiger partial charge in [0.15, 0.2) is 6.79 Å². The Labute approximate surface area is 224 Å². The summed E-state index contributed by atoms with van der Waals surface area (Å²) >= 11 is 0. The number of hydrogen-bond donors (Lipinski definition) is 1. The molecular weight excluding hydrogens is 488 g/mol. The lowest BCUT2D eigenvalue weighted by Crippen LogP contribution is -2.48. The van der Waals surface area contributed by atoms with Gasteiger partial charge in [-0.15, -0.1) is 12.4 Å². The van der Waals surface area contributed by atoms with E-state index >= 15 is 0 Å². The van der Waals surface area contributed by atoms with Crippen LogP contribution in [0.4, 0.5) is 0 Å². The van der Waals surface area contributed by atoms with E-state index < -0.39 is 5.97 Å². The number of hydrogen-bond acceptors (Lipinski definition) is 4. The zero-order valence-electron chi connectivity index (χ0n) is 21.5. The fourth-order valence-electron chi connectivity index (χ4n) is 7.71. The van der Waals surface area contributed by atoms with Crippen LogP contribution in [0.5, 0.6) is 11.5 Å². The molecule has 0 amide bonds. The number of halogens is 1. The lowest BCUT2D eigenvalue weighted by molar-refractivity contribution is -0.00610. The highest BCUT2D eigenvalue weighted by atomic mass is 35.5. The van der Waals surface area contributed by atoms with Gasteiger partial charge in [-0.3, -0.25) is 0 Å². The number of fused-ring (bicyclic) bond motifs is 1. The Hall–Kier alpha value is -2.76. The predicted octanol–water partition coefficient (Wildman–Crippen LogP) is 7.48. The van der Waals surface area contributed by atoms with Crippen molar-refractivity contribution in [1.29, 1.82) is 0 Å². The lowest BCUT2D eigenvalue weighted by Gasteiger charge is -2.57. The number of carboxylic acid groups (broad SMARTS) is 1. The largest absolute Gasteiger partial charge is 0.496 e. The van der Waals surface area contributed by atoms with Crippen LogP contribution in [0.25, 0.3) is 21.9 Å². The summed E-state index contributed by atoms with van der Waals surface area (Å²) in [7, 11) is 1.79. The highest BCUT2D eigenvalue weighted by Crippen LogP contribution is 2.62. The number of benzene rings is 3. The molecule has 4 bridgehead atoms. The minimum atomic E-state index is -0.930. The Balaban J connectivity index is 0.00000280. The third-order valence-electron chi connectivity index (χ3n) is 8.83. The van der Waals surface area contributed by atoms with E-state index in [9.17, 15) is 9.90 Å². The predicted molar refractivity (Wildman–Crippen MR) is 147 cm³/mol. The second kappa shape index (κ2) is 10.2. The van der Waals surface area contributed by atoms with E-state index in [-0.39, 0.29) is 30.2 Å². The van der Waals surface area contributed by atoms with Gasteiger partial charge in [0.1, 0.15) is 11.5 Å². The number of ether oxygens (including phenoxy) is 3. The van der Waals surface area contributed by atoms with Gasteiger partial charge in [-0.25, -0.2) is 4.79 Å². The van der Waals surface area contributed by atoms with E-state index in [0.29, 0.717) is 6.61 Å². The second-order valence-corrected chi connectivity index (χ2v) is 11.1. The summed E-state index contributed by atoms with van der Waals surface area (Å²) in [4.78, 5) is 11.4. The number of methoxy groups -OCH3 is 1. The molecular formula is C31H35ClO5. The zero-order chi connectivity index (χ0) is 24.9. The third-order valence-corrected chi connectivity index (χ3v) is 8.83. The van der Waals surface area contributed by atoms with Gasteiger partial charge < -0.3 is 19.3 Å².